The van der Waals surface area contributed by atoms with Crippen LogP contribution in [0, 0.1) is 6.92 Å². The highest BCUT2D eigenvalue weighted by Crippen LogP contribution is 2.22. The van der Waals surface area contributed by atoms with E-state index >= 15 is 0 Å². The summed E-state index contributed by atoms with van der Waals surface area (Å²) in [6, 6.07) is 11.1. The van der Waals surface area contributed by atoms with Gasteiger partial charge >= 0.3 is 0 Å². The molecule has 2 aromatic rings. The van der Waals surface area contributed by atoms with Crippen molar-refractivity contribution in [2.45, 2.75) is 13.5 Å². The van der Waals surface area contributed by atoms with Gasteiger partial charge in [-0.2, -0.15) is 0 Å². The summed E-state index contributed by atoms with van der Waals surface area (Å²) in [5.41, 5.74) is 2.14. The van der Waals surface area contributed by atoms with E-state index in [0.29, 0.717) is 10.9 Å². The highest BCUT2D eigenvalue weighted by molar-refractivity contribution is 6.30. The number of nitrogens with one attached hydrogen (secondary N) is 1. The molecule has 94 valence electrons. The molecule has 0 saturated heterocycles. The summed E-state index contributed by atoms with van der Waals surface area (Å²) in [6.45, 7) is 2.78. The van der Waals surface area contributed by atoms with E-state index in [1.807, 2.05) is 38.2 Å². The van der Waals surface area contributed by atoms with E-state index < -0.39 is 0 Å². The monoisotopic (exact) mass is 262 g/mol. The van der Waals surface area contributed by atoms with Crippen molar-refractivity contribution in [2.24, 2.45) is 0 Å². The van der Waals surface area contributed by atoms with Gasteiger partial charge in [0, 0.05) is 23.3 Å². The second kappa shape index (κ2) is 5.85. The summed E-state index contributed by atoms with van der Waals surface area (Å²) >= 11 is 5.82. The first-order valence-corrected chi connectivity index (χ1v) is 6.11. The van der Waals surface area contributed by atoms with Gasteiger partial charge in [-0.25, -0.2) is 4.98 Å². The van der Waals surface area contributed by atoms with Crippen molar-refractivity contribution in [3.05, 3.63) is 52.7 Å². The number of nitrogens with zero attached hydrogens (tertiary/aromatic N) is 1. The molecule has 18 heavy (non-hydrogen) atoms. The highest BCUT2D eigenvalue weighted by Gasteiger charge is 2.03. The summed E-state index contributed by atoms with van der Waals surface area (Å²) in [5.74, 6) is 1.32. The maximum atomic E-state index is 5.82. The standard InChI is InChI=1S/C14H15ClN2O/c1-10-11(9-16-2)3-8-14(17-10)18-13-6-4-12(15)5-7-13/h3-8,16H,9H2,1-2H3. The molecule has 0 unspecified atom stereocenters. The number of halogens is 1. The van der Waals surface area contributed by atoms with Crippen LogP contribution in [0.4, 0.5) is 0 Å². The third kappa shape index (κ3) is 3.22. The van der Waals surface area contributed by atoms with Crippen LogP contribution in [-0.4, -0.2) is 12.0 Å². The fraction of sp³-hybridized carbons (Fsp3) is 0.214. The molecule has 2 rings (SSSR count). The van der Waals surface area contributed by atoms with E-state index in [4.69, 9.17) is 16.3 Å². The largest absolute Gasteiger partial charge is 0.439 e. The van der Waals surface area contributed by atoms with E-state index in [-0.39, 0.29) is 0 Å². The van der Waals surface area contributed by atoms with Crippen LogP contribution in [0.25, 0.3) is 0 Å². The Balaban J connectivity index is 2.14. The van der Waals surface area contributed by atoms with Gasteiger partial charge in [0.25, 0.3) is 0 Å². The Morgan fingerprint density at radius 1 is 1.17 bits per heavy atom. The number of ether oxygens (including phenoxy) is 1. The van der Waals surface area contributed by atoms with Crippen molar-refractivity contribution < 1.29 is 4.74 Å². The van der Waals surface area contributed by atoms with Crippen LogP contribution >= 0.6 is 11.6 Å². The molecular weight excluding hydrogens is 248 g/mol. The fourth-order valence-electron chi connectivity index (χ4n) is 1.62. The Labute approximate surface area is 112 Å². The molecule has 0 bridgehead atoms. The van der Waals surface area contributed by atoms with Gasteiger partial charge in [-0.15, -0.1) is 0 Å². The molecule has 1 heterocycles. The maximum Gasteiger partial charge on any atom is 0.219 e. The molecule has 0 aliphatic rings. The number of benzene rings is 1. The zero-order valence-electron chi connectivity index (χ0n) is 10.4. The summed E-state index contributed by atoms with van der Waals surface area (Å²) in [6.07, 6.45) is 0. The van der Waals surface area contributed by atoms with Crippen molar-refractivity contribution in [2.75, 3.05) is 7.05 Å². The fourth-order valence-corrected chi connectivity index (χ4v) is 1.75. The van der Waals surface area contributed by atoms with Gasteiger partial charge in [0.15, 0.2) is 0 Å². The van der Waals surface area contributed by atoms with Gasteiger partial charge in [-0.05, 0) is 43.8 Å². The van der Waals surface area contributed by atoms with Crippen molar-refractivity contribution in [1.29, 1.82) is 0 Å². The average molecular weight is 263 g/mol. The molecule has 0 radical (unpaired) electrons. The van der Waals surface area contributed by atoms with Crippen LogP contribution in [-0.2, 0) is 6.54 Å². The highest BCUT2D eigenvalue weighted by atomic mass is 35.5. The van der Waals surface area contributed by atoms with Crippen LogP contribution in [0.5, 0.6) is 11.6 Å². The minimum absolute atomic E-state index is 0.592. The van der Waals surface area contributed by atoms with E-state index in [1.165, 1.54) is 5.56 Å². The Morgan fingerprint density at radius 3 is 2.50 bits per heavy atom. The average Bonchev–Trinajstić information content (AvgIpc) is 2.36. The second-order valence-electron chi connectivity index (χ2n) is 3.98. The van der Waals surface area contributed by atoms with Crippen molar-refractivity contribution >= 4 is 11.6 Å². The first-order valence-electron chi connectivity index (χ1n) is 5.73. The Morgan fingerprint density at radius 2 is 1.89 bits per heavy atom. The van der Waals surface area contributed by atoms with E-state index in [1.54, 1.807) is 12.1 Å². The molecular formula is C14H15ClN2O. The molecule has 0 spiro atoms. The zero-order chi connectivity index (χ0) is 13.0. The van der Waals surface area contributed by atoms with Gasteiger partial charge in [0.2, 0.25) is 5.88 Å². The smallest absolute Gasteiger partial charge is 0.219 e. The van der Waals surface area contributed by atoms with E-state index in [2.05, 4.69) is 10.3 Å². The molecule has 1 aromatic carbocycles. The van der Waals surface area contributed by atoms with Gasteiger partial charge in [-0.1, -0.05) is 17.7 Å². The number of hydrogen-bond acceptors (Lipinski definition) is 3. The Bertz CT molecular complexity index is 526. The van der Waals surface area contributed by atoms with Gasteiger partial charge < -0.3 is 10.1 Å². The minimum atomic E-state index is 0.592. The molecule has 0 saturated carbocycles. The lowest BCUT2D eigenvalue weighted by Gasteiger charge is -2.08. The Kier molecular flexibility index (Phi) is 4.18. The second-order valence-corrected chi connectivity index (χ2v) is 4.42. The molecule has 3 nitrogen and oxygen atoms in total. The third-order valence-corrected chi connectivity index (χ3v) is 2.82. The van der Waals surface area contributed by atoms with Crippen LogP contribution in [0.1, 0.15) is 11.3 Å². The molecule has 0 amide bonds. The predicted molar refractivity (Wildman–Crippen MR) is 73.3 cm³/mol. The zero-order valence-corrected chi connectivity index (χ0v) is 11.2. The third-order valence-electron chi connectivity index (χ3n) is 2.57. The lowest BCUT2D eigenvalue weighted by Crippen LogP contribution is -2.07. The maximum absolute atomic E-state index is 5.82. The SMILES string of the molecule is CNCc1ccc(Oc2ccc(Cl)cc2)nc1C. The molecule has 0 fully saturated rings. The molecule has 4 heteroatoms. The number of hydrogen-bond donors (Lipinski definition) is 1. The lowest BCUT2D eigenvalue weighted by molar-refractivity contribution is 0.461. The van der Waals surface area contributed by atoms with Crippen molar-refractivity contribution in [3.8, 4) is 11.6 Å². The molecule has 0 atom stereocenters. The molecule has 0 aliphatic heterocycles. The van der Waals surface area contributed by atoms with Crippen LogP contribution in [0.3, 0.4) is 0 Å². The van der Waals surface area contributed by atoms with Crippen molar-refractivity contribution in [1.82, 2.24) is 10.3 Å². The van der Waals surface area contributed by atoms with Crippen LogP contribution in [0.2, 0.25) is 5.02 Å². The summed E-state index contributed by atoms with van der Waals surface area (Å²) in [4.78, 5) is 4.41. The predicted octanol–water partition coefficient (Wildman–Crippen LogP) is 3.56. The molecule has 1 aromatic heterocycles. The first-order chi connectivity index (χ1) is 8.69. The summed E-state index contributed by atoms with van der Waals surface area (Å²) < 4.78 is 5.66. The van der Waals surface area contributed by atoms with Crippen LogP contribution < -0.4 is 10.1 Å². The summed E-state index contributed by atoms with van der Waals surface area (Å²) in [7, 11) is 1.91. The first kappa shape index (κ1) is 12.9. The molecule has 1 N–H and O–H groups in total. The number of aryl methyl sites for hydroxylation is 1. The topological polar surface area (TPSA) is 34.1 Å². The Hall–Kier alpha value is -1.58. The number of pyridine rings is 1. The summed E-state index contributed by atoms with van der Waals surface area (Å²) in [5, 5.41) is 3.80. The van der Waals surface area contributed by atoms with E-state index in [0.717, 1.165) is 18.0 Å². The van der Waals surface area contributed by atoms with Crippen LogP contribution in [0.15, 0.2) is 36.4 Å². The normalized spacial score (nSPS) is 10.4. The van der Waals surface area contributed by atoms with Gasteiger partial charge in [-0.3, -0.25) is 0 Å². The van der Waals surface area contributed by atoms with Crippen molar-refractivity contribution in [3.63, 3.8) is 0 Å². The lowest BCUT2D eigenvalue weighted by atomic mass is 10.2. The van der Waals surface area contributed by atoms with E-state index in [9.17, 15) is 0 Å². The minimum Gasteiger partial charge on any atom is -0.439 e. The number of rotatable bonds is 4. The van der Waals surface area contributed by atoms with Gasteiger partial charge in [0.1, 0.15) is 5.75 Å². The van der Waals surface area contributed by atoms with Gasteiger partial charge in [0.05, 0.1) is 0 Å². The molecule has 0 aliphatic carbocycles. The quantitative estimate of drug-likeness (QED) is 0.915. The number of aromatic nitrogens is 1.